The molecule has 0 aliphatic carbocycles. The van der Waals surface area contributed by atoms with Crippen molar-refractivity contribution in [1.29, 1.82) is 0 Å². The van der Waals surface area contributed by atoms with E-state index in [-0.39, 0.29) is 24.0 Å². The number of carbonyl (C=O) groups is 2. The number of fused-ring (bicyclic) bond motifs is 1. The second kappa shape index (κ2) is 8.85. The summed E-state index contributed by atoms with van der Waals surface area (Å²) >= 11 is 0. The third-order valence-electron chi connectivity index (χ3n) is 5.44. The molecule has 5 nitrogen and oxygen atoms in total. The van der Waals surface area contributed by atoms with Crippen LogP contribution in [0.2, 0.25) is 0 Å². The van der Waals surface area contributed by atoms with Crippen LogP contribution >= 0.6 is 0 Å². The minimum Gasteiger partial charge on any atom is -0.444 e. The summed E-state index contributed by atoms with van der Waals surface area (Å²) in [5.41, 5.74) is 0.536. The molecule has 0 saturated carbocycles. The lowest BCUT2D eigenvalue weighted by Crippen LogP contribution is -2.49. The summed E-state index contributed by atoms with van der Waals surface area (Å²) in [5, 5.41) is 5.41. The highest BCUT2D eigenvalue weighted by molar-refractivity contribution is 5.90. The number of benzene rings is 2. The van der Waals surface area contributed by atoms with Gasteiger partial charge < -0.3 is 15.0 Å². The number of hydrogen-bond acceptors (Lipinski definition) is 3. The van der Waals surface area contributed by atoms with Gasteiger partial charge in [0, 0.05) is 19.1 Å². The fourth-order valence-electron chi connectivity index (χ4n) is 3.95. The summed E-state index contributed by atoms with van der Waals surface area (Å²) < 4.78 is 5.51. The highest BCUT2D eigenvalue weighted by Gasteiger charge is 2.30. The Hall–Kier alpha value is -2.56. The molecular formula is C24H32N2O3. The Morgan fingerprint density at radius 3 is 2.66 bits per heavy atom. The number of ether oxygens (including phenoxy) is 1. The van der Waals surface area contributed by atoms with Crippen LogP contribution in [0.25, 0.3) is 10.8 Å². The van der Waals surface area contributed by atoms with E-state index in [0.717, 1.165) is 29.2 Å². The molecule has 2 aromatic carbocycles. The molecule has 1 aliphatic heterocycles. The van der Waals surface area contributed by atoms with Gasteiger partial charge in [0.05, 0.1) is 6.42 Å². The minimum absolute atomic E-state index is 0.00251. The van der Waals surface area contributed by atoms with Crippen molar-refractivity contribution >= 4 is 22.8 Å². The monoisotopic (exact) mass is 396 g/mol. The van der Waals surface area contributed by atoms with Crippen molar-refractivity contribution in [2.75, 3.05) is 13.1 Å². The Balaban J connectivity index is 1.58. The van der Waals surface area contributed by atoms with Crippen molar-refractivity contribution in [3.63, 3.8) is 0 Å². The molecule has 156 valence electrons. The zero-order valence-electron chi connectivity index (χ0n) is 17.9. The molecular weight excluding hydrogens is 364 g/mol. The molecule has 1 fully saturated rings. The molecule has 5 heteroatoms. The molecule has 3 rings (SSSR count). The first-order valence-corrected chi connectivity index (χ1v) is 10.5. The Labute approximate surface area is 173 Å². The zero-order chi connectivity index (χ0) is 21.0. The van der Waals surface area contributed by atoms with Gasteiger partial charge in [0.2, 0.25) is 5.91 Å². The Kier molecular flexibility index (Phi) is 6.46. The predicted molar refractivity (Wildman–Crippen MR) is 116 cm³/mol. The topological polar surface area (TPSA) is 58.6 Å². The van der Waals surface area contributed by atoms with Crippen LogP contribution in [-0.2, 0) is 16.0 Å². The van der Waals surface area contributed by atoms with Gasteiger partial charge in [0.1, 0.15) is 5.60 Å². The maximum Gasteiger partial charge on any atom is 0.410 e. The van der Waals surface area contributed by atoms with Crippen molar-refractivity contribution in [2.45, 2.75) is 58.6 Å². The lowest BCUT2D eigenvalue weighted by molar-refractivity contribution is -0.121. The van der Waals surface area contributed by atoms with Crippen LogP contribution in [0, 0.1) is 5.92 Å². The minimum atomic E-state index is -0.498. The average Bonchev–Trinajstić information content (AvgIpc) is 2.67. The van der Waals surface area contributed by atoms with Gasteiger partial charge in [-0.25, -0.2) is 4.79 Å². The van der Waals surface area contributed by atoms with Gasteiger partial charge in [0.25, 0.3) is 0 Å². The molecule has 1 saturated heterocycles. The molecule has 0 spiro atoms. The number of nitrogens with one attached hydrogen (secondary N) is 1. The number of piperidine rings is 1. The number of amides is 2. The lowest BCUT2D eigenvalue weighted by atomic mass is 9.91. The van der Waals surface area contributed by atoms with E-state index in [1.165, 1.54) is 0 Å². The summed E-state index contributed by atoms with van der Waals surface area (Å²) in [4.78, 5) is 26.9. The standard InChI is InChI=1S/C24H32N2O3/c1-17(20-12-8-14-26(16-20)23(28)29-24(2,3)4)25-22(27)15-19-11-7-10-18-9-5-6-13-21(18)19/h5-7,9-11,13,17,20H,8,12,14-16H2,1-4H3,(H,25,27). The maximum atomic E-state index is 12.7. The fourth-order valence-corrected chi connectivity index (χ4v) is 3.95. The van der Waals surface area contributed by atoms with Crippen LogP contribution in [0.3, 0.4) is 0 Å². The number of carbonyl (C=O) groups excluding carboxylic acids is 2. The van der Waals surface area contributed by atoms with Crippen LogP contribution in [0.4, 0.5) is 4.79 Å². The van der Waals surface area contributed by atoms with E-state index in [1.54, 1.807) is 4.90 Å². The first-order chi connectivity index (χ1) is 13.7. The van der Waals surface area contributed by atoms with E-state index in [2.05, 4.69) is 23.5 Å². The third kappa shape index (κ3) is 5.72. The molecule has 1 aliphatic rings. The lowest BCUT2D eigenvalue weighted by Gasteiger charge is -2.36. The van der Waals surface area contributed by atoms with E-state index < -0.39 is 5.60 Å². The van der Waals surface area contributed by atoms with E-state index in [0.29, 0.717) is 19.5 Å². The van der Waals surface area contributed by atoms with Gasteiger partial charge in [-0.05, 0) is 62.8 Å². The van der Waals surface area contributed by atoms with Crippen molar-refractivity contribution in [1.82, 2.24) is 10.2 Å². The highest BCUT2D eigenvalue weighted by atomic mass is 16.6. The van der Waals surface area contributed by atoms with E-state index >= 15 is 0 Å². The van der Waals surface area contributed by atoms with E-state index in [9.17, 15) is 9.59 Å². The van der Waals surface area contributed by atoms with Gasteiger partial charge in [-0.1, -0.05) is 42.5 Å². The third-order valence-corrected chi connectivity index (χ3v) is 5.44. The molecule has 0 bridgehead atoms. The second-order valence-electron chi connectivity index (χ2n) is 9.00. The quantitative estimate of drug-likeness (QED) is 0.826. The van der Waals surface area contributed by atoms with Gasteiger partial charge in [-0.3, -0.25) is 4.79 Å². The Morgan fingerprint density at radius 1 is 1.17 bits per heavy atom. The van der Waals surface area contributed by atoms with Crippen molar-refractivity contribution in [3.05, 3.63) is 48.0 Å². The van der Waals surface area contributed by atoms with E-state index in [1.807, 2.05) is 52.0 Å². The van der Waals surface area contributed by atoms with Gasteiger partial charge in [-0.15, -0.1) is 0 Å². The van der Waals surface area contributed by atoms with E-state index in [4.69, 9.17) is 4.74 Å². The van der Waals surface area contributed by atoms with Gasteiger partial charge >= 0.3 is 6.09 Å². The number of likely N-dealkylation sites (tertiary alicyclic amines) is 1. The van der Waals surface area contributed by atoms with Crippen LogP contribution in [0.1, 0.15) is 46.1 Å². The molecule has 1 heterocycles. The fraction of sp³-hybridized carbons (Fsp3) is 0.500. The molecule has 29 heavy (non-hydrogen) atoms. The first kappa shape index (κ1) is 21.2. The van der Waals surface area contributed by atoms with Crippen molar-refractivity contribution in [3.8, 4) is 0 Å². The Bertz CT molecular complexity index is 867. The molecule has 1 N–H and O–H groups in total. The van der Waals surface area contributed by atoms with Crippen molar-refractivity contribution < 1.29 is 14.3 Å². The maximum absolute atomic E-state index is 12.7. The molecule has 2 unspecified atom stereocenters. The van der Waals surface area contributed by atoms with Crippen LogP contribution in [-0.4, -0.2) is 41.6 Å². The molecule has 2 atom stereocenters. The van der Waals surface area contributed by atoms with Crippen LogP contribution < -0.4 is 5.32 Å². The Morgan fingerprint density at radius 2 is 1.90 bits per heavy atom. The predicted octanol–water partition coefficient (Wildman–Crippen LogP) is 4.53. The molecule has 2 amide bonds. The second-order valence-corrected chi connectivity index (χ2v) is 9.00. The summed E-state index contributed by atoms with van der Waals surface area (Å²) in [6.45, 7) is 8.99. The first-order valence-electron chi connectivity index (χ1n) is 10.5. The zero-order valence-corrected chi connectivity index (χ0v) is 17.9. The summed E-state index contributed by atoms with van der Waals surface area (Å²) in [6, 6.07) is 14.2. The highest BCUT2D eigenvalue weighted by Crippen LogP contribution is 2.23. The van der Waals surface area contributed by atoms with Crippen LogP contribution in [0.5, 0.6) is 0 Å². The average molecular weight is 397 g/mol. The molecule has 0 aromatic heterocycles. The number of rotatable bonds is 4. The summed E-state index contributed by atoms with van der Waals surface area (Å²) in [6.07, 6.45) is 2.01. The molecule has 2 aromatic rings. The number of hydrogen-bond donors (Lipinski definition) is 1. The normalized spacial score (nSPS) is 18.3. The van der Waals surface area contributed by atoms with Crippen molar-refractivity contribution in [2.24, 2.45) is 5.92 Å². The van der Waals surface area contributed by atoms with Crippen LogP contribution in [0.15, 0.2) is 42.5 Å². The molecule has 0 radical (unpaired) electrons. The van der Waals surface area contributed by atoms with Gasteiger partial charge in [0.15, 0.2) is 0 Å². The SMILES string of the molecule is CC(NC(=O)Cc1cccc2ccccc12)C1CCCN(C(=O)OC(C)(C)C)C1. The van der Waals surface area contributed by atoms with Gasteiger partial charge in [-0.2, -0.15) is 0 Å². The smallest absolute Gasteiger partial charge is 0.410 e. The number of nitrogens with zero attached hydrogens (tertiary/aromatic N) is 1. The summed E-state index contributed by atoms with van der Waals surface area (Å²) in [5.74, 6) is 0.246. The summed E-state index contributed by atoms with van der Waals surface area (Å²) in [7, 11) is 0. The largest absolute Gasteiger partial charge is 0.444 e.